The van der Waals surface area contributed by atoms with Crippen LogP contribution in [0.4, 0.5) is 11.6 Å². The molecular weight excluding hydrogens is 192 g/mol. The van der Waals surface area contributed by atoms with E-state index in [0.29, 0.717) is 6.61 Å². The van der Waals surface area contributed by atoms with Gasteiger partial charge in [-0.1, -0.05) is 0 Å². The maximum Gasteiger partial charge on any atom is 0.131 e. The molecule has 0 atom stereocenters. The Bertz CT molecular complexity index is 303. The zero-order valence-corrected chi connectivity index (χ0v) is 9.50. The molecule has 0 amide bonds. The minimum Gasteiger partial charge on any atom is -0.380 e. The van der Waals surface area contributed by atoms with Crippen molar-refractivity contribution in [3.8, 4) is 0 Å². The SMILES string of the molecule is CCOCCNc1cc(NC)nc(C)n1. The van der Waals surface area contributed by atoms with Gasteiger partial charge in [0.15, 0.2) is 0 Å². The Kier molecular flexibility index (Phi) is 4.83. The molecule has 0 aliphatic carbocycles. The zero-order valence-electron chi connectivity index (χ0n) is 9.50. The van der Waals surface area contributed by atoms with Crippen LogP contribution in [-0.2, 0) is 4.74 Å². The van der Waals surface area contributed by atoms with Gasteiger partial charge in [-0.2, -0.15) is 0 Å². The first kappa shape index (κ1) is 11.7. The van der Waals surface area contributed by atoms with Gasteiger partial charge in [0.05, 0.1) is 6.61 Å². The summed E-state index contributed by atoms with van der Waals surface area (Å²) >= 11 is 0. The smallest absolute Gasteiger partial charge is 0.131 e. The number of nitrogens with one attached hydrogen (secondary N) is 2. The predicted octanol–water partition coefficient (Wildman–Crippen LogP) is 1.28. The lowest BCUT2D eigenvalue weighted by Crippen LogP contribution is -2.11. The molecule has 15 heavy (non-hydrogen) atoms. The van der Waals surface area contributed by atoms with E-state index in [-0.39, 0.29) is 0 Å². The molecule has 0 aromatic carbocycles. The first-order chi connectivity index (χ1) is 7.26. The Hall–Kier alpha value is -1.36. The Morgan fingerprint density at radius 1 is 1.33 bits per heavy atom. The van der Waals surface area contributed by atoms with Gasteiger partial charge < -0.3 is 15.4 Å². The van der Waals surface area contributed by atoms with Gasteiger partial charge in [-0.25, -0.2) is 9.97 Å². The quantitative estimate of drug-likeness (QED) is 0.692. The minimum absolute atomic E-state index is 0.689. The van der Waals surface area contributed by atoms with E-state index in [1.807, 2.05) is 27.0 Å². The summed E-state index contributed by atoms with van der Waals surface area (Å²) in [7, 11) is 1.84. The van der Waals surface area contributed by atoms with Gasteiger partial charge in [0.1, 0.15) is 17.5 Å². The molecule has 0 fully saturated rings. The summed E-state index contributed by atoms with van der Waals surface area (Å²) in [6, 6.07) is 1.87. The third-order valence-electron chi connectivity index (χ3n) is 1.85. The molecule has 0 unspecified atom stereocenters. The van der Waals surface area contributed by atoms with Crippen molar-refractivity contribution in [3.63, 3.8) is 0 Å². The molecular formula is C10H18N4O. The van der Waals surface area contributed by atoms with Crippen LogP contribution in [0.3, 0.4) is 0 Å². The molecule has 1 aromatic heterocycles. The molecule has 1 aromatic rings. The predicted molar refractivity (Wildman–Crippen MR) is 61.3 cm³/mol. The highest BCUT2D eigenvalue weighted by Gasteiger charge is 1.99. The molecule has 0 aliphatic rings. The van der Waals surface area contributed by atoms with E-state index >= 15 is 0 Å². The summed E-state index contributed by atoms with van der Waals surface area (Å²) in [6.07, 6.45) is 0. The molecule has 1 heterocycles. The lowest BCUT2D eigenvalue weighted by molar-refractivity contribution is 0.158. The Labute approximate surface area is 90.3 Å². The average molecular weight is 210 g/mol. The summed E-state index contributed by atoms with van der Waals surface area (Å²) in [5.74, 6) is 2.40. The fraction of sp³-hybridized carbons (Fsp3) is 0.600. The van der Waals surface area contributed by atoms with Gasteiger partial charge in [0, 0.05) is 26.3 Å². The number of hydrogen-bond acceptors (Lipinski definition) is 5. The number of aryl methyl sites for hydroxylation is 1. The fourth-order valence-electron chi connectivity index (χ4n) is 1.18. The zero-order chi connectivity index (χ0) is 11.1. The van der Waals surface area contributed by atoms with Crippen molar-refractivity contribution in [2.75, 3.05) is 37.4 Å². The van der Waals surface area contributed by atoms with Crippen molar-refractivity contribution in [1.29, 1.82) is 0 Å². The third-order valence-corrected chi connectivity index (χ3v) is 1.85. The fourth-order valence-corrected chi connectivity index (χ4v) is 1.18. The van der Waals surface area contributed by atoms with Gasteiger partial charge in [-0.3, -0.25) is 0 Å². The molecule has 0 saturated heterocycles. The molecule has 84 valence electrons. The van der Waals surface area contributed by atoms with E-state index < -0.39 is 0 Å². The molecule has 0 radical (unpaired) electrons. The van der Waals surface area contributed by atoms with Crippen molar-refractivity contribution >= 4 is 11.6 Å². The van der Waals surface area contributed by atoms with Crippen LogP contribution in [0.1, 0.15) is 12.7 Å². The number of ether oxygens (including phenoxy) is 1. The average Bonchev–Trinajstić information content (AvgIpc) is 2.23. The van der Waals surface area contributed by atoms with E-state index in [1.54, 1.807) is 0 Å². The second kappa shape index (κ2) is 6.19. The molecule has 0 spiro atoms. The van der Waals surface area contributed by atoms with Gasteiger partial charge >= 0.3 is 0 Å². The van der Waals surface area contributed by atoms with Crippen LogP contribution in [0.2, 0.25) is 0 Å². The van der Waals surface area contributed by atoms with E-state index in [1.165, 1.54) is 0 Å². The van der Waals surface area contributed by atoms with E-state index in [4.69, 9.17) is 4.74 Å². The van der Waals surface area contributed by atoms with Crippen molar-refractivity contribution < 1.29 is 4.74 Å². The molecule has 5 nitrogen and oxygen atoms in total. The third kappa shape index (κ3) is 4.12. The van der Waals surface area contributed by atoms with E-state index in [0.717, 1.165) is 30.6 Å². The number of aromatic nitrogens is 2. The molecule has 2 N–H and O–H groups in total. The van der Waals surface area contributed by atoms with Crippen LogP contribution < -0.4 is 10.6 Å². The van der Waals surface area contributed by atoms with E-state index in [2.05, 4.69) is 20.6 Å². The summed E-state index contributed by atoms with van der Waals surface area (Å²) in [5, 5.41) is 6.17. The van der Waals surface area contributed by atoms with Crippen molar-refractivity contribution in [2.45, 2.75) is 13.8 Å². The number of nitrogens with zero attached hydrogens (tertiary/aromatic N) is 2. The highest BCUT2D eigenvalue weighted by atomic mass is 16.5. The second-order valence-electron chi connectivity index (χ2n) is 3.06. The lowest BCUT2D eigenvalue weighted by Gasteiger charge is -2.08. The van der Waals surface area contributed by atoms with Gasteiger partial charge in [0.25, 0.3) is 0 Å². The minimum atomic E-state index is 0.689. The second-order valence-corrected chi connectivity index (χ2v) is 3.06. The first-order valence-corrected chi connectivity index (χ1v) is 5.11. The molecule has 0 aliphatic heterocycles. The summed E-state index contributed by atoms with van der Waals surface area (Å²) < 4.78 is 5.22. The summed E-state index contributed by atoms with van der Waals surface area (Å²) in [5.41, 5.74) is 0. The van der Waals surface area contributed by atoms with Crippen LogP contribution >= 0.6 is 0 Å². The van der Waals surface area contributed by atoms with Crippen LogP contribution in [0.15, 0.2) is 6.07 Å². The molecule has 0 saturated carbocycles. The molecule has 1 rings (SSSR count). The maximum absolute atomic E-state index is 5.22. The monoisotopic (exact) mass is 210 g/mol. The highest BCUT2D eigenvalue weighted by Crippen LogP contribution is 2.09. The van der Waals surface area contributed by atoms with E-state index in [9.17, 15) is 0 Å². The van der Waals surface area contributed by atoms with Crippen molar-refractivity contribution in [1.82, 2.24) is 9.97 Å². The standard InChI is InChI=1S/C10H18N4O/c1-4-15-6-5-12-10-7-9(11-3)13-8(2)14-10/h7H,4-6H2,1-3H3,(H2,11,12,13,14). The molecule has 5 heteroatoms. The van der Waals surface area contributed by atoms with Gasteiger partial charge in [0.2, 0.25) is 0 Å². The number of anilines is 2. The Morgan fingerprint density at radius 3 is 2.73 bits per heavy atom. The molecule has 0 bridgehead atoms. The lowest BCUT2D eigenvalue weighted by atomic mass is 10.5. The first-order valence-electron chi connectivity index (χ1n) is 5.11. The topological polar surface area (TPSA) is 59.1 Å². The van der Waals surface area contributed by atoms with Crippen LogP contribution in [0.25, 0.3) is 0 Å². The van der Waals surface area contributed by atoms with Crippen LogP contribution in [-0.4, -0.2) is 36.8 Å². The van der Waals surface area contributed by atoms with Gasteiger partial charge in [-0.05, 0) is 13.8 Å². The Morgan fingerprint density at radius 2 is 2.07 bits per heavy atom. The summed E-state index contributed by atoms with van der Waals surface area (Å²) in [6.45, 7) is 6.04. The Balaban J connectivity index is 2.49. The number of rotatable bonds is 6. The maximum atomic E-state index is 5.22. The number of hydrogen-bond donors (Lipinski definition) is 2. The normalized spacial score (nSPS) is 10.1. The van der Waals surface area contributed by atoms with Crippen molar-refractivity contribution in [2.24, 2.45) is 0 Å². The summed E-state index contributed by atoms with van der Waals surface area (Å²) in [4.78, 5) is 8.46. The van der Waals surface area contributed by atoms with Crippen LogP contribution in [0.5, 0.6) is 0 Å². The highest BCUT2D eigenvalue weighted by molar-refractivity contribution is 5.46. The largest absolute Gasteiger partial charge is 0.380 e. The van der Waals surface area contributed by atoms with Crippen LogP contribution in [0, 0.1) is 6.92 Å². The van der Waals surface area contributed by atoms with Gasteiger partial charge in [-0.15, -0.1) is 0 Å². The van der Waals surface area contributed by atoms with Crippen molar-refractivity contribution in [3.05, 3.63) is 11.9 Å².